The molecule has 0 unspecified atom stereocenters. The van der Waals surface area contributed by atoms with Crippen molar-refractivity contribution in [1.29, 1.82) is 0 Å². The Hall–Kier alpha value is -4.73. The Labute approximate surface area is 176 Å². The molecule has 2 heterocycles. The quantitative estimate of drug-likeness (QED) is 0.277. The van der Waals surface area contributed by atoms with Crippen molar-refractivity contribution in [2.75, 3.05) is 5.32 Å². The molecule has 2 aromatic heterocycles. The van der Waals surface area contributed by atoms with Crippen LogP contribution in [0.5, 0.6) is 0 Å². The van der Waals surface area contributed by atoms with Gasteiger partial charge < -0.3 is 9.73 Å². The third-order valence-electron chi connectivity index (χ3n) is 4.18. The fourth-order valence-electron chi connectivity index (χ4n) is 2.80. The molecule has 4 rings (SSSR count). The normalized spacial score (nSPS) is 10.8. The van der Waals surface area contributed by atoms with Gasteiger partial charge in [0, 0.05) is 5.56 Å². The molecule has 2 amide bonds. The Morgan fingerprint density at radius 1 is 1.06 bits per heavy atom. The van der Waals surface area contributed by atoms with Gasteiger partial charge in [0.05, 0.1) is 29.9 Å². The first-order valence-electron chi connectivity index (χ1n) is 9.15. The topological polar surface area (TPSA) is 128 Å². The van der Waals surface area contributed by atoms with Crippen LogP contribution in [0, 0.1) is 10.1 Å². The highest BCUT2D eigenvalue weighted by atomic mass is 16.6. The number of hydrogen-bond donors (Lipinski definition) is 2. The lowest BCUT2D eigenvalue weighted by Gasteiger charge is -2.04. The standard InChI is InChI=1S/C21H16N6O4/c28-21(24-22-13-17-11-12-19(31-17)27(29)30)23-18-14-26(16-9-5-2-6-10-16)25-20(18)15-7-3-1-4-8-15/h1-14H,(H2,23,24,28). The zero-order chi connectivity index (χ0) is 21.6. The van der Waals surface area contributed by atoms with Crippen LogP contribution in [-0.4, -0.2) is 26.9 Å². The number of nitrogens with one attached hydrogen (secondary N) is 2. The molecule has 0 spiro atoms. The van der Waals surface area contributed by atoms with Crippen molar-refractivity contribution < 1.29 is 14.1 Å². The Kier molecular flexibility index (Phi) is 5.52. The summed E-state index contributed by atoms with van der Waals surface area (Å²) in [5.74, 6) is -0.277. The van der Waals surface area contributed by atoms with Crippen molar-refractivity contribution in [3.05, 3.63) is 94.9 Å². The van der Waals surface area contributed by atoms with Crippen LogP contribution in [-0.2, 0) is 0 Å². The van der Waals surface area contributed by atoms with E-state index in [0.29, 0.717) is 11.4 Å². The molecule has 0 aliphatic rings. The maximum absolute atomic E-state index is 12.3. The predicted molar refractivity (Wildman–Crippen MR) is 114 cm³/mol. The largest absolute Gasteiger partial charge is 0.433 e. The Balaban J connectivity index is 1.52. The molecule has 0 aliphatic carbocycles. The Bertz CT molecular complexity index is 1230. The lowest BCUT2D eigenvalue weighted by atomic mass is 10.1. The average molecular weight is 416 g/mol. The predicted octanol–water partition coefficient (Wildman–Crippen LogP) is 4.20. The molecule has 10 heteroatoms. The molecule has 154 valence electrons. The molecule has 2 N–H and O–H groups in total. The summed E-state index contributed by atoms with van der Waals surface area (Å²) >= 11 is 0. The molecule has 0 bridgehead atoms. The van der Waals surface area contributed by atoms with Gasteiger partial charge in [-0.05, 0) is 18.2 Å². The number of nitrogens with zero attached hydrogens (tertiary/aromatic N) is 4. The molecular formula is C21H16N6O4. The van der Waals surface area contributed by atoms with E-state index in [2.05, 4.69) is 20.9 Å². The minimum Gasteiger partial charge on any atom is -0.400 e. The number of amides is 2. The average Bonchev–Trinajstić information content (AvgIpc) is 3.43. The summed E-state index contributed by atoms with van der Waals surface area (Å²) in [6, 6.07) is 20.9. The fraction of sp³-hybridized carbons (Fsp3) is 0. The van der Waals surface area contributed by atoms with Crippen LogP contribution in [0.25, 0.3) is 16.9 Å². The number of aromatic nitrogens is 2. The van der Waals surface area contributed by atoms with E-state index >= 15 is 0 Å². The SMILES string of the molecule is O=C(NN=Cc1ccc([N+](=O)[O-])o1)Nc1cn(-c2ccccc2)nc1-c1ccccc1. The third-order valence-corrected chi connectivity index (χ3v) is 4.18. The highest BCUT2D eigenvalue weighted by molar-refractivity contribution is 5.94. The maximum Gasteiger partial charge on any atom is 0.433 e. The summed E-state index contributed by atoms with van der Waals surface area (Å²) in [6.45, 7) is 0. The van der Waals surface area contributed by atoms with Crippen molar-refractivity contribution in [1.82, 2.24) is 15.2 Å². The molecular weight excluding hydrogens is 400 g/mol. The number of anilines is 1. The van der Waals surface area contributed by atoms with E-state index in [-0.39, 0.29) is 5.76 Å². The summed E-state index contributed by atoms with van der Waals surface area (Å²) in [6.07, 6.45) is 2.87. The van der Waals surface area contributed by atoms with E-state index in [9.17, 15) is 14.9 Å². The lowest BCUT2D eigenvalue weighted by molar-refractivity contribution is -0.402. The molecule has 0 aliphatic heterocycles. The second kappa shape index (κ2) is 8.74. The summed E-state index contributed by atoms with van der Waals surface area (Å²) in [4.78, 5) is 22.3. The van der Waals surface area contributed by atoms with Gasteiger partial charge in [0.2, 0.25) is 0 Å². The molecule has 0 atom stereocenters. The number of hydrogen-bond acceptors (Lipinski definition) is 6. The van der Waals surface area contributed by atoms with Gasteiger partial charge >= 0.3 is 11.9 Å². The minimum atomic E-state index is -0.660. The van der Waals surface area contributed by atoms with Crippen LogP contribution in [0.4, 0.5) is 16.4 Å². The van der Waals surface area contributed by atoms with Gasteiger partial charge in [0.25, 0.3) is 0 Å². The van der Waals surface area contributed by atoms with Crippen LogP contribution in [0.2, 0.25) is 0 Å². The van der Waals surface area contributed by atoms with Gasteiger partial charge in [-0.25, -0.2) is 14.9 Å². The number of urea groups is 1. The minimum absolute atomic E-state index is 0.133. The fourth-order valence-corrected chi connectivity index (χ4v) is 2.80. The van der Waals surface area contributed by atoms with Crippen LogP contribution < -0.4 is 10.7 Å². The number of rotatable bonds is 6. The molecule has 0 saturated heterocycles. The third kappa shape index (κ3) is 4.65. The molecule has 0 saturated carbocycles. The molecule has 0 fully saturated rings. The number of carbonyl (C=O) groups is 1. The lowest BCUT2D eigenvalue weighted by Crippen LogP contribution is -2.24. The number of nitro groups is 1. The molecule has 2 aromatic carbocycles. The number of para-hydroxylation sites is 1. The highest BCUT2D eigenvalue weighted by Crippen LogP contribution is 2.27. The first-order chi connectivity index (χ1) is 15.1. The van der Waals surface area contributed by atoms with Crippen molar-refractivity contribution in [3.8, 4) is 16.9 Å². The van der Waals surface area contributed by atoms with E-state index in [1.165, 1.54) is 12.1 Å². The highest BCUT2D eigenvalue weighted by Gasteiger charge is 2.15. The van der Waals surface area contributed by atoms with Crippen molar-refractivity contribution >= 4 is 23.8 Å². The van der Waals surface area contributed by atoms with E-state index < -0.39 is 16.8 Å². The second-order valence-electron chi connectivity index (χ2n) is 6.29. The first kappa shape index (κ1) is 19.6. The zero-order valence-corrected chi connectivity index (χ0v) is 16.0. The van der Waals surface area contributed by atoms with E-state index in [0.717, 1.165) is 17.5 Å². The van der Waals surface area contributed by atoms with Crippen LogP contribution in [0.1, 0.15) is 5.76 Å². The molecule has 31 heavy (non-hydrogen) atoms. The number of carbonyl (C=O) groups excluding carboxylic acids is 1. The second-order valence-corrected chi connectivity index (χ2v) is 6.29. The van der Waals surface area contributed by atoms with E-state index in [4.69, 9.17) is 4.42 Å². The number of hydrazone groups is 1. The Morgan fingerprint density at radius 3 is 2.45 bits per heavy atom. The molecule has 10 nitrogen and oxygen atoms in total. The van der Waals surface area contributed by atoms with Crippen LogP contribution >= 0.6 is 0 Å². The molecule has 4 aromatic rings. The van der Waals surface area contributed by atoms with Gasteiger partial charge in [0.15, 0.2) is 5.76 Å². The van der Waals surface area contributed by atoms with Gasteiger partial charge in [-0.2, -0.15) is 10.2 Å². The van der Waals surface area contributed by atoms with Crippen LogP contribution in [0.15, 0.2) is 88.5 Å². The number of benzene rings is 2. The van der Waals surface area contributed by atoms with E-state index in [1.807, 2.05) is 60.7 Å². The van der Waals surface area contributed by atoms with Crippen molar-refractivity contribution in [3.63, 3.8) is 0 Å². The van der Waals surface area contributed by atoms with Gasteiger partial charge in [-0.15, -0.1) is 0 Å². The van der Waals surface area contributed by atoms with Crippen LogP contribution in [0.3, 0.4) is 0 Å². The number of furan rings is 1. The summed E-state index contributed by atoms with van der Waals surface area (Å²) in [5, 5.41) is 21.7. The first-order valence-corrected chi connectivity index (χ1v) is 9.15. The molecule has 0 radical (unpaired) electrons. The van der Waals surface area contributed by atoms with E-state index in [1.54, 1.807) is 10.9 Å². The zero-order valence-electron chi connectivity index (χ0n) is 16.0. The monoisotopic (exact) mass is 416 g/mol. The Morgan fingerprint density at radius 2 is 1.77 bits per heavy atom. The maximum atomic E-state index is 12.3. The summed E-state index contributed by atoms with van der Waals surface area (Å²) < 4.78 is 6.61. The van der Waals surface area contributed by atoms with Gasteiger partial charge in [-0.1, -0.05) is 48.5 Å². The van der Waals surface area contributed by atoms with Gasteiger partial charge in [-0.3, -0.25) is 10.1 Å². The van der Waals surface area contributed by atoms with Gasteiger partial charge in [0.1, 0.15) is 10.6 Å². The summed E-state index contributed by atoms with van der Waals surface area (Å²) in [7, 11) is 0. The summed E-state index contributed by atoms with van der Waals surface area (Å²) in [5.41, 5.74) is 5.04. The van der Waals surface area contributed by atoms with Crippen molar-refractivity contribution in [2.45, 2.75) is 0 Å². The van der Waals surface area contributed by atoms with Crippen molar-refractivity contribution in [2.24, 2.45) is 5.10 Å². The smallest absolute Gasteiger partial charge is 0.400 e.